The van der Waals surface area contributed by atoms with E-state index < -0.39 is 0 Å². The molecule has 1 aliphatic heterocycles. The maximum Gasteiger partial charge on any atom is 0.0965 e. The van der Waals surface area contributed by atoms with Crippen LogP contribution in [0.1, 0.15) is 11.7 Å². The van der Waals surface area contributed by atoms with Gasteiger partial charge in [0.15, 0.2) is 0 Å². The second kappa shape index (κ2) is 4.09. The van der Waals surface area contributed by atoms with Crippen molar-refractivity contribution in [3.63, 3.8) is 0 Å². The zero-order valence-electron chi connectivity index (χ0n) is 7.32. The summed E-state index contributed by atoms with van der Waals surface area (Å²) in [6.45, 7) is 2.29. The average molecular weight is 198 g/mol. The molecule has 1 aromatic carbocycles. The van der Waals surface area contributed by atoms with Crippen LogP contribution in [0, 0.1) is 0 Å². The third-order valence-corrected chi connectivity index (χ3v) is 2.50. The first-order chi connectivity index (χ1) is 6.36. The van der Waals surface area contributed by atoms with Crippen molar-refractivity contribution in [2.45, 2.75) is 6.10 Å². The lowest BCUT2D eigenvalue weighted by Gasteiger charge is -2.28. The van der Waals surface area contributed by atoms with Gasteiger partial charge in [0.25, 0.3) is 0 Å². The van der Waals surface area contributed by atoms with Gasteiger partial charge in [0.05, 0.1) is 12.7 Å². The predicted molar refractivity (Wildman–Crippen MR) is 52.6 cm³/mol. The molecule has 3 heteroatoms. The second-order valence-electron chi connectivity index (χ2n) is 3.14. The van der Waals surface area contributed by atoms with Crippen molar-refractivity contribution >= 4 is 11.8 Å². The highest BCUT2D eigenvalue weighted by atomic mass is 35.5. The van der Waals surface area contributed by atoms with E-state index in [1.165, 1.54) is 5.56 Å². The standard InChI is InChI=1S/C10H12ClNO/c11-12-6-7-13-10(8-12)9-4-2-1-3-5-9/h1-5,10H,6-8H2. The van der Waals surface area contributed by atoms with E-state index in [1.807, 2.05) is 18.2 Å². The number of halogens is 1. The highest BCUT2D eigenvalue weighted by molar-refractivity contribution is 6.13. The molecule has 1 aromatic rings. The Hall–Kier alpha value is -0.570. The van der Waals surface area contributed by atoms with Crippen LogP contribution in [0.4, 0.5) is 0 Å². The lowest BCUT2D eigenvalue weighted by molar-refractivity contribution is -0.00196. The van der Waals surface area contributed by atoms with Crippen molar-refractivity contribution in [3.05, 3.63) is 35.9 Å². The third-order valence-electron chi connectivity index (χ3n) is 2.19. The van der Waals surface area contributed by atoms with Gasteiger partial charge in [0.1, 0.15) is 0 Å². The summed E-state index contributed by atoms with van der Waals surface area (Å²) in [7, 11) is 0. The Morgan fingerprint density at radius 2 is 2.08 bits per heavy atom. The van der Waals surface area contributed by atoms with Crippen LogP contribution in [0.3, 0.4) is 0 Å². The molecule has 1 heterocycles. The zero-order valence-corrected chi connectivity index (χ0v) is 8.07. The molecular weight excluding hydrogens is 186 g/mol. The number of hydrogen-bond acceptors (Lipinski definition) is 2. The van der Waals surface area contributed by atoms with E-state index in [0.29, 0.717) is 6.61 Å². The molecule has 2 rings (SSSR count). The molecule has 0 bridgehead atoms. The Bertz CT molecular complexity index is 265. The molecular formula is C10H12ClNO. The van der Waals surface area contributed by atoms with Crippen LogP contribution in [0.15, 0.2) is 30.3 Å². The van der Waals surface area contributed by atoms with Crippen molar-refractivity contribution in [2.24, 2.45) is 0 Å². The number of benzene rings is 1. The molecule has 1 atom stereocenters. The van der Waals surface area contributed by atoms with Crippen LogP contribution in [0.2, 0.25) is 0 Å². The molecule has 1 unspecified atom stereocenters. The topological polar surface area (TPSA) is 12.5 Å². The van der Waals surface area contributed by atoms with Crippen molar-refractivity contribution in [2.75, 3.05) is 19.7 Å². The van der Waals surface area contributed by atoms with Crippen molar-refractivity contribution in [1.29, 1.82) is 0 Å². The molecule has 0 amide bonds. The molecule has 1 aliphatic rings. The largest absolute Gasteiger partial charge is 0.371 e. The molecule has 0 radical (unpaired) electrons. The maximum absolute atomic E-state index is 5.91. The van der Waals surface area contributed by atoms with Crippen molar-refractivity contribution in [3.8, 4) is 0 Å². The van der Waals surface area contributed by atoms with Crippen LogP contribution in [0.5, 0.6) is 0 Å². The molecule has 70 valence electrons. The normalized spacial score (nSPS) is 24.5. The Morgan fingerprint density at radius 3 is 2.77 bits per heavy atom. The minimum atomic E-state index is 0.132. The summed E-state index contributed by atoms with van der Waals surface area (Å²) in [5.41, 5.74) is 1.20. The summed E-state index contributed by atoms with van der Waals surface area (Å²) in [5, 5.41) is 0. The summed E-state index contributed by atoms with van der Waals surface area (Å²) in [5.74, 6) is 0. The van der Waals surface area contributed by atoms with Gasteiger partial charge in [-0.2, -0.15) is 0 Å². The molecule has 0 aromatic heterocycles. The molecule has 0 N–H and O–H groups in total. The fraction of sp³-hybridized carbons (Fsp3) is 0.400. The van der Waals surface area contributed by atoms with Gasteiger partial charge in [-0.3, -0.25) is 0 Å². The molecule has 0 spiro atoms. The molecule has 13 heavy (non-hydrogen) atoms. The third kappa shape index (κ3) is 2.21. The Labute approximate surface area is 83.2 Å². The van der Waals surface area contributed by atoms with E-state index in [4.69, 9.17) is 16.5 Å². The summed E-state index contributed by atoms with van der Waals surface area (Å²) in [6, 6.07) is 10.2. The number of morpholine rings is 1. The SMILES string of the molecule is ClN1CCOC(c2ccccc2)C1. The van der Waals surface area contributed by atoms with Crippen molar-refractivity contribution < 1.29 is 4.74 Å². The predicted octanol–water partition coefficient (Wildman–Crippen LogP) is 2.21. The summed E-state index contributed by atoms with van der Waals surface area (Å²) in [4.78, 5) is 0. The van der Waals surface area contributed by atoms with E-state index in [0.717, 1.165) is 13.1 Å². The molecule has 0 aliphatic carbocycles. The minimum Gasteiger partial charge on any atom is -0.371 e. The van der Waals surface area contributed by atoms with Crippen molar-refractivity contribution in [1.82, 2.24) is 4.42 Å². The fourth-order valence-corrected chi connectivity index (χ4v) is 1.68. The highest BCUT2D eigenvalue weighted by Crippen LogP contribution is 2.22. The van der Waals surface area contributed by atoms with Crippen LogP contribution < -0.4 is 0 Å². The molecule has 2 nitrogen and oxygen atoms in total. The van der Waals surface area contributed by atoms with Gasteiger partial charge >= 0.3 is 0 Å². The lowest BCUT2D eigenvalue weighted by atomic mass is 10.1. The number of nitrogens with zero attached hydrogens (tertiary/aromatic N) is 1. The summed E-state index contributed by atoms with van der Waals surface area (Å²) < 4.78 is 7.39. The van der Waals surface area contributed by atoms with Crippen LogP contribution >= 0.6 is 11.8 Å². The van der Waals surface area contributed by atoms with E-state index in [9.17, 15) is 0 Å². The Morgan fingerprint density at radius 1 is 1.31 bits per heavy atom. The number of ether oxygens (including phenoxy) is 1. The van der Waals surface area contributed by atoms with Crippen LogP contribution in [-0.2, 0) is 4.74 Å². The average Bonchev–Trinajstić information content (AvgIpc) is 2.19. The van der Waals surface area contributed by atoms with Crippen LogP contribution in [0.25, 0.3) is 0 Å². The van der Waals surface area contributed by atoms with Gasteiger partial charge < -0.3 is 4.74 Å². The van der Waals surface area contributed by atoms with Gasteiger partial charge in [0, 0.05) is 13.1 Å². The Balaban J connectivity index is 2.08. The number of rotatable bonds is 1. The minimum absolute atomic E-state index is 0.132. The van der Waals surface area contributed by atoms with E-state index >= 15 is 0 Å². The first kappa shape index (κ1) is 9.00. The quantitative estimate of drug-likeness (QED) is 0.641. The van der Waals surface area contributed by atoms with Gasteiger partial charge in [-0.05, 0) is 17.3 Å². The second-order valence-corrected chi connectivity index (χ2v) is 3.62. The lowest BCUT2D eigenvalue weighted by Crippen LogP contribution is -2.31. The van der Waals surface area contributed by atoms with Gasteiger partial charge in [-0.15, -0.1) is 0 Å². The molecule has 0 saturated carbocycles. The highest BCUT2D eigenvalue weighted by Gasteiger charge is 2.19. The van der Waals surface area contributed by atoms with Gasteiger partial charge in [-0.25, -0.2) is 4.42 Å². The monoisotopic (exact) mass is 197 g/mol. The molecule has 1 saturated heterocycles. The van der Waals surface area contributed by atoms with E-state index in [2.05, 4.69) is 12.1 Å². The van der Waals surface area contributed by atoms with E-state index in [-0.39, 0.29) is 6.10 Å². The smallest absolute Gasteiger partial charge is 0.0965 e. The zero-order chi connectivity index (χ0) is 9.10. The fourth-order valence-electron chi connectivity index (χ4n) is 1.49. The van der Waals surface area contributed by atoms with Gasteiger partial charge in [-0.1, -0.05) is 30.3 Å². The number of hydrogen-bond donors (Lipinski definition) is 0. The van der Waals surface area contributed by atoms with Crippen LogP contribution in [-0.4, -0.2) is 24.1 Å². The first-order valence-electron chi connectivity index (χ1n) is 4.43. The van der Waals surface area contributed by atoms with Gasteiger partial charge in [0.2, 0.25) is 0 Å². The summed E-state index contributed by atoms with van der Waals surface area (Å²) >= 11 is 5.91. The maximum atomic E-state index is 5.91. The molecule has 1 fully saturated rings. The summed E-state index contributed by atoms with van der Waals surface area (Å²) in [6.07, 6.45) is 0.132. The first-order valence-corrected chi connectivity index (χ1v) is 4.77. The Kier molecular flexibility index (Phi) is 2.83. The van der Waals surface area contributed by atoms with E-state index in [1.54, 1.807) is 4.42 Å².